The van der Waals surface area contributed by atoms with Gasteiger partial charge in [0.05, 0.1) is 13.2 Å². The monoisotopic (exact) mass is 319 g/mol. The molecule has 0 saturated carbocycles. The van der Waals surface area contributed by atoms with Gasteiger partial charge < -0.3 is 15.4 Å². The molecule has 1 aliphatic rings. The highest BCUT2D eigenvalue weighted by molar-refractivity contribution is 5.82. The van der Waals surface area contributed by atoms with Crippen molar-refractivity contribution in [3.05, 3.63) is 29.8 Å². The molecule has 0 spiro atoms. The zero-order valence-corrected chi connectivity index (χ0v) is 14.7. The van der Waals surface area contributed by atoms with E-state index in [9.17, 15) is 4.79 Å². The highest BCUT2D eigenvalue weighted by Gasteiger charge is 2.28. The van der Waals surface area contributed by atoms with Crippen LogP contribution in [0.4, 0.5) is 0 Å². The van der Waals surface area contributed by atoms with Crippen molar-refractivity contribution in [2.75, 3.05) is 33.3 Å². The van der Waals surface area contributed by atoms with Crippen LogP contribution in [0.3, 0.4) is 0 Å². The SMILES string of the molecule is COc1cccc([C@H](C)N2CCN(C(=O)[C@@H](N)C(C)C)CC2)c1. The number of carbonyl (C=O) groups is 1. The summed E-state index contributed by atoms with van der Waals surface area (Å²) in [6.45, 7) is 9.41. The van der Waals surface area contributed by atoms with Crippen molar-refractivity contribution in [2.45, 2.75) is 32.9 Å². The van der Waals surface area contributed by atoms with Crippen molar-refractivity contribution in [3.63, 3.8) is 0 Å². The molecule has 1 fully saturated rings. The molecule has 5 heteroatoms. The van der Waals surface area contributed by atoms with Gasteiger partial charge in [-0.15, -0.1) is 0 Å². The molecule has 0 bridgehead atoms. The van der Waals surface area contributed by atoms with Gasteiger partial charge in [0.25, 0.3) is 0 Å². The smallest absolute Gasteiger partial charge is 0.239 e. The molecular formula is C18H29N3O2. The van der Waals surface area contributed by atoms with Crippen LogP contribution in [0, 0.1) is 5.92 Å². The average molecular weight is 319 g/mol. The number of hydrogen-bond acceptors (Lipinski definition) is 4. The number of nitrogens with two attached hydrogens (primary N) is 1. The Hall–Kier alpha value is -1.59. The quantitative estimate of drug-likeness (QED) is 0.900. The molecule has 1 saturated heterocycles. The molecule has 0 aromatic heterocycles. The van der Waals surface area contributed by atoms with Gasteiger partial charge >= 0.3 is 0 Å². The number of piperazine rings is 1. The first-order chi connectivity index (χ1) is 10.9. The van der Waals surface area contributed by atoms with E-state index in [1.54, 1.807) is 7.11 Å². The first kappa shape index (κ1) is 17.8. The molecule has 1 heterocycles. The number of rotatable bonds is 5. The lowest BCUT2D eigenvalue weighted by Crippen LogP contribution is -2.54. The maximum absolute atomic E-state index is 12.3. The van der Waals surface area contributed by atoms with Gasteiger partial charge in [-0.1, -0.05) is 26.0 Å². The predicted octanol–water partition coefficient (Wildman–Crippen LogP) is 1.88. The number of nitrogens with zero attached hydrogens (tertiary/aromatic N) is 2. The third kappa shape index (κ3) is 4.24. The molecule has 1 aromatic rings. The van der Waals surface area contributed by atoms with Crippen LogP contribution >= 0.6 is 0 Å². The second kappa shape index (κ2) is 7.79. The van der Waals surface area contributed by atoms with E-state index in [2.05, 4.69) is 24.0 Å². The summed E-state index contributed by atoms with van der Waals surface area (Å²) in [5.74, 6) is 1.14. The minimum atomic E-state index is -0.391. The Kier molecular flexibility index (Phi) is 6.02. The standard InChI is InChI=1S/C18H29N3O2/c1-13(2)17(19)18(22)21-10-8-20(9-11-21)14(3)15-6-5-7-16(12-15)23-4/h5-7,12-14,17H,8-11,19H2,1-4H3/t14-,17-/m0/s1. The van der Waals surface area contributed by atoms with E-state index in [1.165, 1.54) is 5.56 Å². The van der Waals surface area contributed by atoms with Crippen molar-refractivity contribution >= 4 is 5.91 Å². The molecular weight excluding hydrogens is 290 g/mol. The summed E-state index contributed by atoms with van der Waals surface area (Å²) in [6.07, 6.45) is 0. The third-order valence-corrected chi connectivity index (χ3v) is 4.75. The number of amides is 1. The molecule has 1 aromatic carbocycles. The van der Waals surface area contributed by atoms with E-state index < -0.39 is 6.04 Å². The van der Waals surface area contributed by atoms with Gasteiger partial charge in [0, 0.05) is 32.2 Å². The summed E-state index contributed by atoms with van der Waals surface area (Å²) in [4.78, 5) is 16.6. The lowest BCUT2D eigenvalue weighted by molar-refractivity contribution is -0.135. The number of ether oxygens (including phenoxy) is 1. The van der Waals surface area contributed by atoms with Crippen molar-refractivity contribution in [3.8, 4) is 5.75 Å². The highest BCUT2D eigenvalue weighted by Crippen LogP contribution is 2.25. The van der Waals surface area contributed by atoms with Gasteiger partial charge in [0.2, 0.25) is 5.91 Å². The minimum Gasteiger partial charge on any atom is -0.497 e. The van der Waals surface area contributed by atoms with Crippen molar-refractivity contribution in [1.82, 2.24) is 9.80 Å². The second-order valence-corrected chi connectivity index (χ2v) is 6.58. The number of benzene rings is 1. The Bertz CT molecular complexity index is 525. The molecule has 5 nitrogen and oxygen atoms in total. The zero-order chi connectivity index (χ0) is 17.0. The van der Waals surface area contributed by atoms with Crippen LogP contribution in [0.25, 0.3) is 0 Å². The molecule has 23 heavy (non-hydrogen) atoms. The van der Waals surface area contributed by atoms with E-state index in [4.69, 9.17) is 10.5 Å². The Morgan fingerprint density at radius 2 is 1.83 bits per heavy atom. The molecule has 0 unspecified atom stereocenters. The van der Waals surface area contributed by atoms with Crippen LogP contribution in [0.15, 0.2) is 24.3 Å². The fraction of sp³-hybridized carbons (Fsp3) is 0.611. The fourth-order valence-corrected chi connectivity index (χ4v) is 2.94. The lowest BCUT2D eigenvalue weighted by Gasteiger charge is -2.39. The second-order valence-electron chi connectivity index (χ2n) is 6.58. The summed E-state index contributed by atoms with van der Waals surface area (Å²) in [5.41, 5.74) is 7.23. The summed E-state index contributed by atoms with van der Waals surface area (Å²) >= 11 is 0. The maximum atomic E-state index is 12.3. The number of carbonyl (C=O) groups excluding carboxylic acids is 1. The normalized spacial score (nSPS) is 18.8. The molecule has 2 atom stereocenters. The van der Waals surface area contributed by atoms with Crippen LogP contribution in [-0.4, -0.2) is 55.0 Å². The van der Waals surface area contributed by atoms with Gasteiger partial charge in [0.1, 0.15) is 5.75 Å². The first-order valence-electron chi connectivity index (χ1n) is 8.36. The Balaban J connectivity index is 1.94. The van der Waals surface area contributed by atoms with Gasteiger partial charge in [-0.25, -0.2) is 0 Å². The topological polar surface area (TPSA) is 58.8 Å². The molecule has 0 aliphatic carbocycles. The number of hydrogen-bond donors (Lipinski definition) is 1. The Morgan fingerprint density at radius 1 is 1.17 bits per heavy atom. The average Bonchev–Trinajstić information content (AvgIpc) is 2.59. The van der Waals surface area contributed by atoms with E-state index in [1.807, 2.05) is 30.9 Å². The Morgan fingerprint density at radius 3 is 2.39 bits per heavy atom. The van der Waals surface area contributed by atoms with Crippen LogP contribution in [0.5, 0.6) is 5.75 Å². The summed E-state index contributed by atoms with van der Waals surface area (Å²) in [6, 6.07) is 8.10. The molecule has 0 radical (unpaired) electrons. The van der Waals surface area contributed by atoms with Gasteiger partial charge in [-0.2, -0.15) is 0 Å². The molecule has 1 aliphatic heterocycles. The fourth-order valence-electron chi connectivity index (χ4n) is 2.94. The van der Waals surface area contributed by atoms with Gasteiger partial charge in [-0.05, 0) is 30.5 Å². The largest absolute Gasteiger partial charge is 0.497 e. The van der Waals surface area contributed by atoms with Crippen LogP contribution in [0.1, 0.15) is 32.4 Å². The van der Waals surface area contributed by atoms with Gasteiger partial charge in [0.15, 0.2) is 0 Å². The zero-order valence-electron chi connectivity index (χ0n) is 14.7. The first-order valence-corrected chi connectivity index (χ1v) is 8.36. The van der Waals surface area contributed by atoms with Crippen LogP contribution in [0.2, 0.25) is 0 Å². The van der Waals surface area contributed by atoms with Crippen LogP contribution < -0.4 is 10.5 Å². The minimum absolute atomic E-state index is 0.0775. The molecule has 2 N–H and O–H groups in total. The molecule has 2 rings (SSSR count). The van der Waals surface area contributed by atoms with E-state index in [0.717, 1.165) is 31.9 Å². The summed E-state index contributed by atoms with van der Waals surface area (Å²) in [5, 5.41) is 0. The molecule has 1 amide bonds. The number of methoxy groups -OCH3 is 1. The Labute approximate surface area is 139 Å². The van der Waals surface area contributed by atoms with Crippen LogP contribution in [-0.2, 0) is 4.79 Å². The van der Waals surface area contributed by atoms with Crippen molar-refractivity contribution < 1.29 is 9.53 Å². The van der Waals surface area contributed by atoms with Gasteiger partial charge in [-0.3, -0.25) is 9.69 Å². The van der Waals surface area contributed by atoms with Crippen molar-refractivity contribution in [1.29, 1.82) is 0 Å². The van der Waals surface area contributed by atoms with E-state index in [0.29, 0.717) is 6.04 Å². The van der Waals surface area contributed by atoms with E-state index in [-0.39, 0.29) is 11.8 Å². The highest BCUT2D eigenvalue weighted by atomic mass is 16.5. The lowest BCUT2D eigenvalue weighted by atomic mass is 10.0. The third-order valence-electron chi connectivity index (χ3n) is 4.75. The van der Waals surface area contributed by atoms with Crippen molar-refractivity contribution in [2.24, 2.45) is 11.7 Å². The summed E-state index contributed by atoms with van der Waals surface area (Å²) in [7, 11) is 1.69. The maximum Gasteiger partial charge on any atom is 0.239 e. The molecule has 128 valence electrons. The predicted molar refractivity (Wildman–Crippen MR) is 92.4 cm³/mol. The summed E-state index contributed by atoms with van der Waals surface area (Å²) < 4.78 is 5.30. The van der Waals surface area contributed by atoms with E-state index >= 15 is 0 Å².